The van der Waals surface area contributed by atoms with E-state index in [0.29, 0.717) is 5.91 Å². The SMILES string of the molecule is CNC1CCN(CCC2CCC(C)CC2)C1=O. The summed E-state index contributed by atoms with van der Waals surface area (Å²) in [4.78, 5) is 14.0. The van der Waals surface area contributed by atoms with Crippen molar-refractivity contribution in [1.82, 2.24) is 10.2 Å². The highest BCUT2D eigenvalue weighted by Gasteiger charge is 2.30. The number of nitrogens with zero attached hydrogens (tertiary/aromatic N) is 1. The normalized spacial score (nSPS) is 34.4. The summed E-state index contributed by atoms with van der Waals surface area (Å²) in [5, 5.41) is 3.10. The molecule has 0 bridgehead atoms. The van der Waals surface area contributed by atoms with E-state index >= 15 is 0 Å². The van der Waals surface area contributed by atoms with Gasteiger partial charge in [0, 0.05) is 13.1 Å². The molecule has 1 aliphatic heterocycles. The zero-order chi connectivity index (χ0) is 12.3. The quantitative estimate of drug-likeness (QED) is 0.812. The van der Waals surface area contributed by atoms with Gasteiger partial charge in [0.2, 0.25) is 5.91 Å². The number of likely N-dealkylation sites (tertiary alicyclic amines) is 1. The third-order valence-electron chi connectivity index (χ3n) is 4.59. The number of nitrogens with one attached hydrogen (secondary N) is 1. The van der Waals surface area contributed by atoms with Crippen LogP contribution >= 0.6 is 0 Å². The Balaban J connectivity index is 1.70. The topological polar surface area (TPSA) is 32.3 Å². The fourth-order valence-electron chi connectivity index (χ4n) is 3.19. The molecule has 0 aromatic heterocycles. The van der Waals surface area contributed by atoms with Crippen LogP contribution in [0.15, 0.2) is 0 Å². The molecule has 1 saturated heterocycles. The predicted octanol–water partition coefficient (Wildman–Crippen LogP) is 2.02. The first-order chi connectivity index (χ1) is 8.20. The first-order valence-corrected chi connectivity index (χ1v) is 7.16. The van der Waals surface area contributed by atoms with Gasteiger partial charge >= 0.3 is 0 Å². The molecule has 2 rings (SSSR count). The molecule has 0 spiro atoms. The summed E-state index contributed by atoms with van der Waals surface area (Å²) in [6.45, 7) is 4.29. The minimum absolute atomic E-state index is 0.0846. The molecule has 1 aliphatic carbocycles. The molecular formula is C14H26N2O. The second-order valence-electron chi connectivity index (χ2n) is 5.87. The van der Waals surface area contributed by atoms with Gasteiger partial charge in [-0.15, -0.1) is 0 Å². The van der Waals surface area contributed by atoms with Crippen LogP contribution in [0.3, 0.4) is 0 Å². The summed E-state index contributed by atoms with van der Waals surface area (Å²) in [5.41, 5.74) is 0. The lowest BCUT2D eigenvalue weighted by atomic mass is 9.81. The van der Waals surface area contributed by atoms with Crippen LogP contribution in [0, 0.1) is 11.8 Å². The molecule has 3 nitrogen and oxygen atoms in total. The lowest BCUT2D eigenvalue weighted by molar-refractivity contribution is -0.129. The van der Waals surface area contributed by atoms with E-state index in [2.05, 4.69) is 17.1 Å². The highest BCUT2D eigenvalue weighted by Crippen LogP contribution is 2.30. The van der Waals surface area contributed by atoms with Gasteiger partial charge in [-0.05, 0) is 31.7 Å². The van der Waals surface area contributed by atoms with Gasteiger partial charge in [0.1, 0.15) is 0 Å². The van der Waals surface area contributed by atoms with Gasteiger partial charge in [0.05, 0.1) is 6.04 Å². The standard InChI is InChI=1S/C14H26N2O/c1-11-3-5-12(6-4-11)7-9-16-10-8-13(15-2)14(16)17/h11-13,15H,3-10H2,1-2H3. The average molecular weight is 238 g/mol. The molecule has 0 aromatic rings. The summed E-state index contributed by atoms with van der Waals surface area (Å²) in [6.07, 6.45) is 7.72. The highest BCUT2D eigenvalue weighted by atomic mass is 16.2. The number of amides is 1. The zero-order valence-corrected chi connectivity index (χ0v) is 11.2. The van der Waals surface area contributed by atoms with Gasteiger partial charge in [-0.2, -0.15) is 0 Å². The lowest BCUT2D eigenvalue weighted by Crippen LogP contribution is -2.37. The first-order valence-electron chi connectivity index (χ1n) is 7.16. The van der Waals surface area contributed by atoms with Crippen molar-refractivity contribution in [3.63, 3.8) is 0 Å². The Morgan fingerprint density at radius 3 is 2.53 bits per heavy atom. The second-order valence-corrected chi connectivity index (χ2v) is 5.87. The Morgan fingerprint density at radius 1 is 1.24 bits per heavy atom. The van der Waals surface area contributed by atoms with Crippen molar-refractivity contribution in [3.8, 4) is 0 Å². The van der Waals surface area contributed by atoms with Gasteiger partial charge in [-0.25, -0.2) is 0 Å². The smallest absolute Gasteiger partial charge is 0.239 e. The Labute approximate surface area is 105 Å². The fraction of sp³-hybridized carbons (Fsp3) is 0.929. The van der Waals surface area contributed by atoms with E-state index < -0.39 is 0 Å². The number of carbonyl (C=O) groups is 1. The Hall–Kier alpha value is -0.570. The van der Waals surface area contributed by atoms with Crippen LogP contribution in [0.5, 0.6) is 0 Å². The molecule has 3 heteroatoms. The Bertz CT molecular complexity index is 259. The van der Waals surface area contributed by atoms with Crippen molar-refractivity contribution in [3.05, 3.63) is 0 Å². The summed E-state index contributed by atoms with van der Waals surface area (Å²) in [6, 6.07) is 0.0846. The third kappa shape index (κ3) is 3.21. The number of likely N-dealkylation sites (N-methyl/N-ethyl adjacent to an activating group) is 1. The van der Waals surface area contributed by atoms with Gasteiger partial charge in [0.15, 0.2) is 0 Å². The van der Waals surface area contributed by atoms with E-state index in [-0.39, 0.29) is 6.04 Å². The van der Waals surface area contributed by atoms with E-state index in [1.54, 1.807) is 0 Å². The maximum Gasteiger partial charge on any atom is 0.239 e. The molecule has 1 heterocycles. The van der Waals surface area contributed by atoms with Gasteiger partial charge < -0.3 is 10.2 Å². The van der Waals surface area contributed by atoms with Crippen molar-refractivity contribution in [1.29, 1.82) is 0 Å². The predicted molar refractivity (Wildman–Crippen MR) is 69.8 cm³/mol. The van der Waals surface area contributed by atoms with Crippen molar-refractivity contribution in [2.45, 2.75) is 51.5 Å². The minimum atomic E-state index is 0.0846. The van der Waals surface area contributed by atoms with E-state index in [0.717, 1.165) is 31.3 Å². The van der Waals surface area contributed by atoms with Crippen LogP contribution in [0.4, 0.5) is 0 Å². The lowest BCUT2D eigenvalue weighted by Gasteiger charge is -2.27. The number of rotatable bonds is 4. The fourth-order valence-corrected chi connectivity index (χ4v) is 3.19. The molecule has 1 N–H and O–H groups in total. The van der Waals surface area contributed by atoms with Crippen LogP contribution in [0.1, 0.15) is 45.4 Å². The molecule has 0 aromatic carbocycles. The summed E-state index contributed by atoms with van der Waals surface area (Å²) in [5.74, 6) is 2.11. The van der Waals surface area contributed by atoms with Crippen LogP contribution < -0.4 is 5.32 Å². The number of hydrogen-bond donors (Lipinski definition) is 1. The van der Waals surface area contributed by atoms with Crippen LogP contribution in [0.2, 0.25) is 0 Å². The first kappa shape index (κ1) is 12.9. The van der Waals surface area contributed by atoms with Crippen LogP contribution in [-0.4, -0.2) is 37.0 Å². The Morgan fingerprint density at radius 2 is 1.94 bits per heavy atom. The summed E-state index contributed by atoms with van der Waals surface area (Å²) < 4.78 is 0. The van der Waals surface area contributed by atoms with Crippen molar-refractivity contribution in [2.24, 2.45) is 11.8 Å². The van der Waals surface area contributed by atoms with Crippen molar-refractivity contribution < 1.29 is 4.79 Å². The molecule has 1 unspecified atom stereocenters. The molecular weight excluding hydrogens is 212 g/mol. The van der Waals surface area contributed by atoms with Gasteiger partial charge in [-0.1, -0.05) is 32.6 Å². The van der Waals surface area contributed by atoms with Gasteiger partial charge in [0.25, 0.3) is 0 Å². The molecule has 98 valence electrons. The molecule has 1 atom stereocenters. The van der Waals surface area contributed by atoms with Crippen LogP contribution in [0.25, 0.3) is 0 Å². The van der Waals surface area contributed by atoms with Crippen molar-refractivity contribution >= 4 is 5.91 Å². The number of hydrogen-bond acceptors (Lipinski definition) is 2. The maximum absolute atomic E-state index is 11.9. The largest absolute Gasteiger partial charge is 0.341 e. The molecule has 17 heavy (non-hydrogen) atoms. The maximum atomic E-state index is 11.9. The monoisotopic (exact) mass is 238 g/mol. The molecule has 1 amide bonds. The molecule has 2 fully saturated rings. The Kier molecular flexibility index (Phi) is 4.43. The van der Waals surface area contributed by atoms with Crippen molar-refractivity contribution in [2.75, 3.05) is 20.1 Å². The second kappa shape index (κ2) is 5.85. The molecule has 2 aliphatic rings. The summed E-state index contributed by atoms with van der Waals surface area (Å²) >= 11 is 0. The van der Waals surface area contributed by atoms with E-state index in [4.69, 9.17) is 0 Å². The van der Waals surface area contributed by atoms with E-state index in [1.165, 1.54) is 32.1 Å². The molecule has 1 saturated carbocycles. The average Bonchev–Trinajstić information content (AvgIpc) is 2.69. The van der Waals surface area contributed by atoms with Crippen LogP contribution in [-0.2, 0) is 4.79 Å². The highest BCUT2D eigenvalue weighted by molar-refractivity contribution is 5.83. The zero-order valence-electron chi connectivity index (χ0n) is 11.2. The van der Waals surface area contributed by atoms with Gasteiger partial charge in [-0.3, -0.25) is 4.79 Å². The van der Waals surface area contributed by atoms with E-state index in [1.807, 2.05) is 7.05 Å². The summed E-state index contributed by atoms with van der Waals surface area (Å²) in [7, 11) is 1.88. The number of carbonyl (C=O) groups excluding carboxylic acids is 1. The molecule has 0 radical (unpaired) electrons. The minimum Gasteiger partial charge on any atom is -0.341 e. The van der Waals surface area contributed by atoms with E-state index in [9.17, 15) is 4.79 Å². The third-order valence-corrected chi connectivity index (χ3v) is 4.59.